The van der Waals surface area contributed by atoms with Crippen molar-refractivity contribution >= 4 is 17.8 Å². The number of hydrogen-bond acceptors (Lipinski definition) is 4. The van der Waals surface area contributed by atoms with E-state index in [0.717, 1.165) is 41.3 Å². The summed E-state index contributed by atoms with van der Waals surface area (Å²) in [4.78, 5) is 40.7. The molecule has 6 nitrogen and oxygen atoms in total. The van der Waals surface area contributed by atoms with Crippen LogP contribution in [0.3, 0.4) is 0 Å². The largest absolute Gasteiger partial charge is 0.335 e. The Morgan fingerprint density at radius 1 is 0.818 bits per heavy atom. The normalized spacial score (nSPS) is 20.1. The first kappa shape index (κ1) is 14.7. The SMILES string of the molecule is O=C1C(=O)N(CN2CCCCC2)C(=O)N1Cc1ccccc1. The van der Waals surface area contributed by atoms with Gasteiger partial charge >= 0.3 is 17.8 Å². The van der Waals surface area contributed by atoms with Crippen molar-refractivity contribution in [2.45, 2.75) is 25.8 Å². The molecular formula is C16H19N3O3. The number of imide groups is 2. The molecular weight excluding hydrogens is 282 g/mol. The predicted octanol–water partition coefficient (Wildman–Crippen LogP) is 1.42. The van der Waals surface area contributed by atoms with Crippen LogP contribution in [0.4, 0.5) is 4.79 Å². The Labute approximate surface area is 129 Å². The van der Waals surface area contributed by atoms with Gasteiger partial charge in [-0.05, 0) is 31.5 Å². The van der Waals surface area contributed by atoms with Crippen LogP contribution in [0.2, 0.25) is 0 Å². The van der Waals surface area contributed by atoms with E-state index in [-0.39, 0.29) is 13.2 Å². The van der Waals surface area contributed by atoms with Gasteiger partial charge in [0.1, 0.15) is 0 Å². The maximum absolute atomic E-state index is 12.4. The number of carbonyl (C=O) groups is 3. The van der Waals surface area contributed by atoms with Gasteiger partial charge in [0.25, 0.3) is 0 Å². The molecule has 0 bridgehead atoms. The standard InChI is InChI=1S/C16H19N3O3/c20-14-15(21)19(12-17-9-5-2-6-10-17)16(22)18(14)11-13-7-3-1-4-8-13/h1,3-4,7-8H,2,5-6,9-12H2. The van der Waals surface area contributed by atoms with E-state index in [9.17, 15) is 14.4 Å². The average molecular weight is 301 g/mol. The molecule has 4 amide bonds. The van der Waals surface area contributed by atoms with Crippen LogP contribution >= 0.6 is 0 Å². The molecule has 22 heavy (non-hydrogen) atoms. The van der Waals surface area contributed by atoms with Crippen molar-refractivity contribution in [2.24, 2.45) is 0 Å². The summed E-state index contributed by atoms with van der Waals surface area (Å²) in [7, 11) is 0. The lowest BCUT2D eigenvalue weighted by atomic mass is 10.1. The van der Waals surface area contributed by atoms with Gasteiger partial charge in [-0.25, -0.2) is 9.69 Å². The second-order valence-corrected chi connectivity index (χ2v) is 5.71. The number of likely N-dealkylation sites (tertiary alicyclic amines) is 1. The molecule has 0 atom stereocenters. The van der Waals surface area contributed by atoms with E-state index in [1.807, 2.05) is 30.3 Å². The third kappa shape index (κ3) is 2.87. The van der Waals surface area contributed by atoms with E-state index in [4.69, 9.17) is 0 Å². The minimum atomic E-state index is -0.731. The number of hydrogen-bond donors (Lipinski definition) is 0. The first-order chi connectivity index (χ1) is 10.7. The van der Waals surface area contributed by atoms with E-state index >= 15 is 0 Å². The number of rotatable bonds is 4. The van der Waals surface area contributed by atoms with Crippen molar-refractivity contribution in [1.82, 2.24) is 14.7 Å². The molecule has 2 heterocycles. The summed E-state index contributed by atoms with van der Waals surface area (Å²) in [6.45, 7) is 2.09. The van der Waals surface area contributed by atoms with Crippen molar-refractivity contribution in [1.29, 1.82) is 0 Å². The second kappa shape index (κ2) is 6.27. The van der Waals surface area contributed by atoms with Crippen molar-refractivity contribution in [3.8, 4) is 0 Å². The highest BCUT2D eigenvalue weighted by molar-refractivity contribution is 6.44. The summed E-state index contributed by atoms with van der Waals surface area (Å²) >= 11 is 0. The Bertz CT molecular complexity index is 582. The third-order valence-electron chi connectivity index (χ3n) is 4.11. The summed E-state index contributed by atoms with van der Waals surface area (Å²) < 4.78 is 0. The van der Waals surface area contributed by atoms with Crippen molar-refractivity contribution < 1.29 is 14.4 Å². The topological polar surface area (TPSA) is 60.9 Å². The van der Waals surface area contributed by atoms with Crippen LogP contribution in [0, 0.1) is 0 Å². The van der Waals surface area contributed by atoms with Crippen molar-refractivity contribution in [3.63, 3.8) is 0 Å². The van der Waals surface area contributed by atoms with Gasteiger partial charge in [0, 0.05) is 0 Å². The highest BCUT2D eigenvalue weighted by Gasteiger charge is 2.44. The molecule has 3 rings (SSSR count). The molecule has 0 aliphatic carbocycles. The molecule has 116 valence electrons. The van der Waals surface area contributed by atoms with Gasteiger partial charge in [0.05, 0.1) is 13.2 Å². The van der Waals surface area contributed by atoms with Crippen molar-refractivity contribution in [2.75, 3.05) is 19.8 Å². The van der Waals surface area contributed by atoms with Gasteiger partial charge < -0.3 is 0 Å². The zero-order valence-corrected chi connectivity index (χ0v) is 12.4. The van der Waals surface area contributed by atoms with Gasteiger partial charge in [-0.2, -0.15) is 0 Å². The first-order valence-electron chi connectivity index (χ1n) is 7.60. The number of amides is 4. The van der Waals surface area contributed by atoms with E-state index in [2.05, 4.69) is 4.90 Å². The molecule has 0 saturated carbocycles. The maximum Gasteiger partial charge on any atom is 0.335 e. The van der Waals surface area contributed by atoms with Gasteiger partial charge in [-0.1, -0.05) is 36.8 Å². The highest BCUT2D eigenvalue weighted by Crippen LogP contribution is 2.18. The van der Waals surface area contributed by atoms with Crippen LogP contribution in [0.25, 0.3) is 0 Å². The van der Waals surface area contributed by atoms with Crippen LogP contribution in [-0.2, 0) is 16.1 Å². The van der Waals surface area contributed by atoms with Gasteiger partial charge in [-0.3, -0.25) is 19.4 Å². The molecule has 2 fully saturated rings. The summed E-state index contributed by atoms with van der Waals surface area (Å²) in [5.41, 5.74) is 0.830. The Hall–Kier alpha value is -2.21. The van der Waals surface area contributed by atoms with Gasteiger partial charge in [-0.15, -0.1) is 0 Å². The summed E-state index contributed by atoms with van der Waals surface area (Å²) in [6.07, 6.45) is 3.31. The molecule has 0 radical (unpaired) electrons. The Morgan fingerprint density at radius 2 is 1.45 bits per heavy atom. The van der Waals surface area contributed by atoms with E-state index in [1.54, 1.807) is 0 Å². The molecule has 2 aliphatic heterocycles. The van der Waals surface area contributed by atoms with Crippen LogP contribution in [0.1, 0.15) is 24.8 Å². The minimum absolute atomic E-state index is 0.140. The van der Waals surface area contributed by atoms with Crippen LogP contribution < -0.4 is 0 Å². The first-order valence-corrected chi connectivity index (χ1v) is 7.60. The number of carbonyl (C=O) groups excluding carboxylic acids is 3. The lowest BCUT2D eigenvalue weighted by Gasteiger charge is -2.29. The molecule has 2 saturated heterocycles. The number of piperidine rings is 1. The Kier molecular flexibility index (Phi) is 4.20. The summed E-state index contributed by atoms with van der Waals surface area (Å²) in [5.74, 6) is -1.45. The van der Waals surface area contributed by atoms with E-state index < -0.39 is 17.8 Å². The Balaban J connectivity index is 1.70. The van der Waals surface area contributed by atoms with Crippen molar-refractivity contribution in [3.05, 3.63) is 35.9 Å². The number of nitrogens with zero attached hydrogens (tertiary/aromatic N) is 3. The summed E-state index contributed by atoms with van der Waals surface area (Å²) in [6, 6.07) is 8.70. The fourth-order valence-corrected chi connectivity index (χ4v) is 2.88. The zero-order chi connectivity index (χ0) is 15.5. The Morgan fingerprint density at radius 3 is 2.14 bits per heavy atom. The molecule has 0 unspecified atom stereocenters. The zero-order valence-electron chi connectivity index (χ0n) is 12.4. The monoisotopic (exact) mass is 301 g/mol. The molecule has 0 N–H and O–H groups in total. The van der Waals surface area contributed by atoms with E-state index in [0.29, 0.717) is 0 Å². The molecule has 0 spiro atoms. The third-order valence-corrected chi connectivity index (χ3v) is 4.11. The van der Waals surface area contributed by atoms with Crippen LogP contribution in [-0.4, -0.2) is 52.3 Å². The molecule has 6 heteroatoms. The van der Waals surface area contributed by atoms with Crippen LogP contribution in [0.15, 0.2) is 30.3 Å². The molecule has 0 aromatic heterocycles. The van der Waals surface area contributed by atoms with Gasteiger partial charge in [0.2, 0.25) is 0 Å². The highest BCUT2D eigenvalue weighted by atomic mass is 16.2. The van der Waals surface area contributed by atoms with E-state index in [1.165, 1.54) is 6.42 Å². The van der Waals surface area contributed by atoms with Gasteiger partial charge in [0.15, 0.2) is 0 Å². The predicted molar refractivity (Wildman–Crippen MR) is 79.5 cm³/mol. The average Bonchev–Trinajstić information content (AvgIpc) is 2.75. The fraction of sp³-hybridized carbons (Fsp3) is 0.438. The quantitative estimate of drug-likeness (QED) is 0.623. The maximum atomic E-state index is 12.4. The molecule has 1 aromatic rings. The van der Waals surface area contributed by atoms with Crippen LogP contribution in [0.5, 0.6) is 0 Å². The molecule has 1 aromatic carbocycles. The number of benzene rings is 1. The smallest absolute Gasteiger partial charge is 0.285 e. The lowest BCUT2D eigenvalue weighted by molar-refractivity contribution is -0.144. The minimum Gasteiger partial charge on any atom is -0.285 e. The summed E-state index contributed by atoms with van der Waals surface area (Å²) in [5, 5.41) is 0. The molecule has 2 aliphatic rings. The fourth-order valence-electron chi connectivity index (χ4n) is 2.88. The lowest BCUT2D eigenvalue weighted by Crippen LogP contribution is -2.44. The number of urea groups is 1. The second-order valence-electron chi connectivity index (χ2n) is 5.71.